The topological polar surface area (TPSA) is 70.0 Å². The fourth-order valence-electron chi connectivity index (χ4n) is 4.73. The van der Waals surface area contributed by atoms with Crippen molar-refractivity contribution in [3.63, 3.8) is 0 Å². The predicted octanol–water partition coefficient (Wildman–Crippen LogP) is 7.98. The summed E-state index contributed by atoms with van der Waals surface area (Å²) in [4.78, 5) is 0. The molecule has 0 aliphatic heterocycles. The highest BCUT2D eigenvalue weighted by Gasteiger charge is 2.22. The molecule has 0 heterocycles. The average Bonchev–Trinajstić information content (AvgIpc) is 2.61. The Bertz CT molecular complexity index is 787. The van der Waals surface area contributed by atoms with Crippen LogP contribution in [0.1, 0.15) is 88.5 Å². The molecule has 1 aliphatic carbocycles. The van der Waals surface area contributed by atoms with Crippen molar-refractivity contribution in [1.82, 2.24) is 12.3 Å². The van der Waals surface area contributed by atoms with Gasteiger partial charge in [0.15, 0.2) is 0 Å². The Morgan fingerprint density at radius 2 is 1.44 bits per heavy atom. The van der Waals surface area contributed by atoms with E-state index in [4.69, 9.17) is 0 Å². The van der Waals surface area contributed by atoms with E-state index in [0.717, 1.165) is 0 Å². The zero-order valence-electron chi connectivity index (χ0n) is 18.1. The molecule has 2 nitrogen and oxygen atoms in total. The molecule has 0 unspecified atom stereocenters. The molecule has 150 valence electrons. The maximum Gasteiger partial charge on any atom is -0.00547 e. The van der Waals surface area contributed by atoms with E-state index in [1.54, 1.807) is 44.2 Å². The second kappa shape index (κ2) is 10.6. The van der Waals surface area contributed by atoms with Crippen molar-refractivity contribution in [3.05, 3.63) is 52.1 Å². The van der Waals surface area contributed by atoms with Gasteiger partial charge in [-0.15, -0.1) is 0 Å². The van der Waals surface area contributed by atoms with Crippen LogP contribution in [0.15, 0.2) is 29.8 Å². The first-order chi connectivity index (χ1) is 12.2. The summed E-state index contributed by atoms with van der Waals surface area (Å²) in [6, 6.07) is 9.64. The van der Waals surface area contributed by atoms with Gasteiger partial charge in [0.05, 0.1) is 0 Å². The van der Waals surface area contributed by atoms with Crippen LogP contribution in [0.25, 0.3) is 16.3 Å². The predicted molar refractivity (Wildman–Crippen MR) is 122 cm³/mol. The molecular formula is C25H40N2. The lowest BCUT2D eigenvalue weighted by atomic mass is 9.77. The third-order valence-electron chi connectivity index (χ3n) is 5.68. The molecule has 2 heteroatoms. The summed E-state index contributed by atoms with van der Waals surface area (Å²) in [7, 11) is 0. The van der Waals surface area contributed by atoms with Gasteiger partial charge in [-0.25, -0.2) is 0 Å². The average molecular weight is 369 g/mol. The first-order valence-corrected chi connectivity index (χ1v) is 10.5. The SMILES string of the molecule is CCCC1=C(CCC)c2cc(CCC)c(CCC)c3cccc(c23)C1.N.N. The summed E-state index contributed by atoms with van der Waals surface area (Å²) < 4.78 is 0. The molecule has 2 aromatic carbocycles. The first kappa shape index (κ1) is 23.4. The van der Waals surface area contributed by atoms with Gasteiger partial charge in [-0.05, 0) is 70.7 Å². The van der Waals surface area contributed by atoms with E-state index in [2.05, 4.69) is 52.0 Å². The van der Waals surface area contributed by atoms with Crippen LogP contribution in [0, 0.1) is 0 Å². The zero-order chi connectivity index (χ0) is 17.8. The van der Waals surface area contributed by atoms with Crippen LogP contribution in [0.3, 0.4) is 0 Å². The third kappa shape index (κ3) is 4.44. The highest BCUT2D eigenvalue weighted by molar-refractivity contribution is 6.01. The number of hydrogen-bond acceptors (Lipinski definition) is 2. The van der Waals surface area contributed by atoms with Crippen molar-refractivity contribution in [1.29, 1.82) is 0 Å². The maximum absolute atomic E-state index is 2.58. The molecule has 0 saturated carbocycles. The standard InChI is InChI=1S/C25H34.2H3N/c1-5-10-18-16-20-14-9-15-23-21(12-7-3)19(11-6-2)17-24(25(20)23)22(18)13-8-4;;/h9,14-15,17H,5-8,10-13,16H2,1-4H3;2*1H3. The molecule has 0 saturated heterocycles. The minimum Gasteiger partial charge on any atom is -0.344 e. The number of benzene rings is 2. The number of aryl methyl sites for hydroxylation is 2. The van der Waals surface area contributed by atoms with Gasteiger partial charge in [0.1, 0.15) is 0 Å². The summed E-state index contributed by atoms with van der Waals surface area (Å²) in [6.45, 7) is 9.27. The van der Waals surface area contributed by atoms with Crippen molar-refractivity contribution in [2.75, 3.05) is 0 Å². The van der Waals surface area contributed by atoms with Gasteiger partial charge in [-0.3, -0.25) is 0 Å². The Morgan fingerprint density at radius 1 is 0.778 bits per heavy atom. The smallest absolute Gasteiger partial charge is 0.00547 e. The van der Waals surface area contributed by atoms with Gasteiger partial charge >= 0.3 is 0 Å². The van der Waals surface area contributed by atoms with E-state index in [9.17, 15) is 0 Å². The monoisotopic (exact) mass is 368 g/mol. The van der Waals surface area contributed by atoms with Crippen LogP contribution >= 0.6 is 0 Å². The van der Waals surface area contributed by atoms with E-state index in [0.29, 0.717) is 0 Å². The van der Waals surface area contributed by atoms with E-state index in [1.807, 2.05) is 0 Å². The molecule has 0 radical (unpaired) electrons. The van der Waals surface area contributed by atoms with E-state index >= 15 is 0 Å². The molecule has 1 aliphatic rings. The molecule has 3 rings (SSSR count). The number of allylic oxidation sites excluding steroid dienone is 2. The molecule has 0 fully saturated rings. The lowest BCUT2D eigenvalue weighted by Gasteiger charge is -2.27. The zero-order valence-corrected chi connectivity index (χ0v) is 18.1. The van der Waals surface area contributed by atoms with Crippen molar-refractivity contribution >= 4 is 16.3 Å². The minimum absolute atomic E-state index is 0. The van der Waals surface area contributed by atoms with Gasteiger partial charge in [0.2, 0.25) is 0 Å². The van der Waals surface area contributed by atoms with Gasteiger partial charge in [0.25, 0.3) is 0 Å². The van der Waals surface area contributed by atoms with Crippen LogP contribution in [-0.4, -0.2) is 0 Å². The largest absolute Gasteiger partial charge is 0.344 e. The minimum atomic E-state index is 0. The van der Waals surface area contributed by atoms with E-state index in [-0.39, 0.29) is 12.3 Å². The van der Waals surface area contributed by atoms with Gasteiger partial charge < -0.3 is 12.3 Å². The summed E-state index contributed by atoms with van der Waals surface area (Å²) in [6.07, 6.45) is 11.0. The molecule has 2 aromatic rings. The molecular weight excluding hydrogens is 328 g/mol. The summed E-state index contributed by atoms with van der Waals surface area (Å²) in [5, 5.41) is 3.12. The van der Waals surface area contributed by atoms with Gasteiger partial charge in [-0.1, -0.05) is 83.2 Å². The Labute approximate surface area is 166 Å². The highest BCUT2D eigenvalue weighted by atomic mass is 14.3. The van der Waals surface area contributed by atoms with Crippen LogP contribution < -0.4 is 12.3 Å². The van der Waals surface area contributed by atoms with Crippen molar-refractivity contribution in [2.24, 2.45) is 0 Å². The van der Waals surface area contributed by atoms with Crippen molar-refractivity contribution in [3.8, 4) is 0 Å². The maximum atomic E-state index is 2.58. The van der Waals surface area contributed by atoms with Gasteiger partial charge in [-0.2, -0.15) is 0 Å². The lowest BCUT2D eigenvalue weighted by Crippen LogP contribution is -2.08. The lowest BCUT2D eigenvalue weighted by molar-refractivity contribution is 0.848. The highest BCUT2D eigenvalue weighted by Crippen LogP contribution is 2.42. The summed E-state index contributed by atoms with van der Waals surface area (Å²) in [5.74, 6) is 0. The number of hydrogen-bond donors (Lipinski definition) is 2. The Hall–Kier alpha value is -1.64. The molecule has 0 atom stereocenters. The molecule has 0 amide bonds. The van der Waals surface area contributed by atoms with E-state index < -0.39 is 0 Å². The van der Waals surface area contributed by atoms with Crippen molar-refractivity contribution < 1.29 is 0 Å². The third-order valence-corrected chi connectivity index (χ3v) is 5.68. The Kier molecular flexibility index (Phi) is 9.21. The summed E-state index contributed by atoms with van der Waals surface area (Å²) in [5.41, 5.74) is 9.75. The fraction of sp³-hybridized carbons (Fsp3) is 0.520. The second-order valence-electron chi connectivity index (χ2n) is 7.66. The van der Waals surface area contributed by atoms with E-state index in [1.165, 1.54) is 57.8 Å². The molecule has 0 aromatic heterocycles. The number of rotatable bonds is 8. The first-order valence-electron chi connectivity index (χ1n) is 10.5. The van der Waals surface area contributed by atoms with Gasteiger partial charge in [0, 0.05) is 0 Å². The van der Waals surface area contributed by atoms with Crippen LogP contribution in [0.2, 0.25) is 0 Å². The van der Waals surface area contributed by atoms with Crippen LogP contribution in [0.5, 0.6) is 0 Å². The second-order valence-corrected chi connectivity index (χ2v) is 7.66. The quantitative estimate of drug-likeness (QED) is 0.495. The fourth-order valence-corrected chi connectivity index (χ4v) is 4.73. The van der Waals surface area contributed by atoms with Crippen LogP contribution in [0.4, 0.5) is 0 Å². The Balaban J connectivity index is 0.00000182. The van der Waals surface area contributed by atoms with Crippen molar-refractivity contribution in [2.45, 2.75) is 85.5 Å². The normalized spacial score (nSPS) is 12.7. The van der Waals surface area contributed by atoms with Crippen LogP contribution in [-0.2, 0) is 19.3 Å². The molecule has 0 spiro atoms. The Morgan fingerprint density at radius 3 is 2.07 bits per heavy atom. The molecule has 6 N–H and O–H groups in total. The molecule has 0 bridgehead atoms. The molecule has 27 heavy (non-hydrogen) atoms. The summed E-state index contributed by atoms with van der Waals surface area (Å²) >= 11 is 0.